The highest BCUT2D eigenvalue weighted by Gasteiger charge is 2.15. The molecule has 0 spiro atoms. The number of rotatable bonds is 3. The molecule has 1 amide bonds. The molecule has 1 aliphatic rings. The molecule has 0 saturated carbocycles. The second-order valence-electron chi connectivity index (χ2n) is 5.09. The van der Waals surface area contributed by atoms with Crippen molar-refractivity contribution in [3.63, 3.8) is 0 Å². The minimum absolute atomic E-state index is 0.204. The van der Waals surface area contributed by atoms with Gasteiger partial charge in [-0.2, -0.15) is 0 Å². The molecular formula is C15H21BrN2O. The summed E-state index contributed by atoms with van der Waals surface area (Å²) in [6.45, 7) is 4.25. The van der Waals surface area contributed by atoms with E-state index in [4.69, 9.17) is 0 Å². The van der Waals surface area contributed by atoms with Gasteiger partial charge in [-0.05, 0) is 47.3 Å². The number of carbonyl (C=O) groups excluding carboxylic acids is 1. The standard InChI is InChI=1S/C15H21BrN2O/c1-12-7-6-8-13(15(12)16)17-11-14(19)18-9-4-2-3-5-10-18/h6-8,17H,2-5,9-11H2,1H3. The van der Waals surface area contributed by atoms with Gasteiger partial charge in [0.1, 0.15) is 0 Å². The topological polar surface area (TPSA) is 32.3 Å². The van der Waals surface area contributed by atoms with Crippen LogP contribution in [0.15, 0.2) is 22.7 Å². The summed E-state index contributed by atoms with van der Waals surface area (Å²) >= 11 is 3.55. The van der Waals surface area contributed by atoms with Crippen LogP contribution in [0, 0.1) is 6.92 Å². The van der Waals surface area contributed by atoms with Crippen LogP contribution in [-0.4, -0.2) is 30.4 Å². The van der Waals surface area contributed by atoms with E-state index in [0.717, 1.165) is 36.1 Å². The van der Waals surface area contributed by atoms with E-state index in [2.05, 4.69) is 21.2 Å². The van der Waals surface area contributed by atoms with E-state index in [-0.39, 0.29) is 5.91 Å². The van der Waals surface area contributed by atoms with Crippen LogP contribution in [0.5, 0.6) is 0 Å². The van der Waals surface area contributed by atoms with Gasteiger partial charge in [-0.3, -0.25) is 4.79 Å². The minimum atomic E-state index is 0.204. The molecule has 1 aromatic rings. The highest BCUT2D eigenvalue weighted by molar-refractivity contribution is 9.10. The SMILES string of the molecule is Cc1cccc(NCC(=O)N2CCCCCC2)c1Br. The Morgan fingerprint density at radius 2 is 1.95 bits per heavy atom. The molecular weight excluding hydrogens is 304 g/mol. The Morgan fingerprint density at radius 3 is 2.63 bits per heavy atom. The number of carbonyl (C=O) groups is 1. The maximum Gasteiger partial charge on any atom is 0.241 e. The molecule has 1 fully saturated rings. The van der Waals surface area contributed by atoms with Crippen molar-refractivity contribution in [2.75, 3.05) is 25.0 Å². The molecule has 0 atom stereocenters. The Bertz CT molecular complexity index is 440. The average Bonchev–Trinajstić information content (AvgIpc) is 2.69. The molecule has 1 aromatic carbocycles. The molecule has 0 bridgehead atoms. The van der Waals surface area contributed by atoms with Crippen molar-refractivity contribution >= 4 is 27.5 Å². The normalized spacial score (nSPS) is 16.0. The zero-order valence-electron chi connectivity index (χ0n) is 11.4. The third-order valence-electron chi connectivity index (χ3n) is 3.58. The van der Waals surface area contributed by atoms with E-state index in [9.17, 15) is 4.79 Å². The molecule has 19 heavy (non-hydrogen) atoms. The fourth-order valence-corrected chi connectivity index (χ4v) is 2.79. The lowest BCUT2D eigenvalue weighted by molar-refractivity contribution is -0.129. The van der Waals surface area contributed by atoms with Gasteiger partial charge in [-0.25, -0.2) is 0 Å². The van der Waals surface area contributed by atoms with E-state index in [1.807, 2.05) is 30.0 Å². The van der Waals surface area contributed by atoms with E-state index in [1.54, 1.807) is 0 Å². The van der Waals surface area contributed by atoms with Crippen molar-refractivity contribution < 1.29 is 4.79 Å². The van der Waals surface area contributed by atoms with Crippen LogP contribution in [0.3, 0.4) is 0 Å². The Balaban J connectivity index is 1.90. The number of anilines is 1. The second kappa shape index (κ2) is 6.94. The smallest absolute Gasteiger partial charge is 0.241 e. The van der Waals surface area contributed by atoms with E-state index in [0.29, 0.717) is 6.54 Å². The van der Waals surface area contributed by atoms with E-state index < -0.39 is 0 Å². The average molecular weight is 325 g/mol. The van der Waals surface area contributed by atoms with Crippen LogP contribution >= 0.6 is 15.9 Å². The fraction of sp³-hybridized carbons (Fsp3) is 0.533. The van der Waals surface area contributed by atoms with Crippen molar-refractivity contribution in [3.05, 3.63) is 28.2 Å². The molecule has 0 aliphatic carbocycles. The number of amides is 1. The van der Waals surface area contributed by atoms with E-state index >= 15 is 0 Å². The summed E-state index contributed by atoms with van der Waals surface area (Å²) in [5, 5.41) is 3.23. The van der Waals surface area contributed by atoms with Crippen LogP contribution in [0.2, 0.25) is 0 Å². The van der Waals surface area contributed by atoms with Crippen molar-refractivity contribution in [2.45, 2.75) is 32.6 Å². The van der Waals surface area contributed by atoms with Crippen LogP contribution in [0.1, 0.15) is 31.2 Å². The summed E-state index contributed by atoms with van der Waals surface area (Å²) in [5.41, 5.74) is 2.16. The summed E-state index contributed by atoms with van der Waals surface area (Å²) < 4.78 is 1.04. The molecule has 4 heteroatoms. The maximum absolute atomic E-state index is 12.2. The first kappa shape index (κ1) is 14.4. The lowest BCUT2D eigenvalue weighted by atomic mass is 10.2. The lowest BCUT2D eigenvalue weighted by Crippen LogP contribution is -2.36. The van der Waals surface area contributed by atoms with Crippen molar-refractivity contribution in [2.24, 2.45) is 0 Å². The fourth-order valence-electron chi connectivity index (χ4n) is 2.39. The first-order valence-corrected chi connectivity index (χ1v) is 7.74. The van der Waals surface area contributed by atoms with Crippen molar-refractivity contribution in [1.29, 1.82) is 0 Å². The summed E-state index contributed by atoms with van der Waals surface area (Å²) in [6.07, 6.45) is 4.78. The number of likely N-dealkylation sites (tertiary alicyclic amines) is 1. The lowest BCUT2D eigenvalue weighted by Gasteiger charge is -2.21. The third kappa shape index (κ3) is 3.96. The number of halogens is 1. The van der Waals surface area contributed by atoms with Gasteiger partial charge in [0.25, 0.3) is 0 Å². The quantitative estimate of drug-likeness (QED) is 0.921. The van der Waals surface area contributed by atoms with Crippen LogP contribution in [0.25, 0.3) is 0 Å². The zero-order chi connectivity index (χ0) is 13.7. The van der Waals surface area contributed by atoms with Crippen molar-refractivity contribution in [3.8, 4) is 0 Å². The molecule has 1 heterocycles. The molecule has 2 rings (SSSR count). The molecule has 1 N–H and O–H groups in total. The van der Waals surface area contributed by atoms with Crippen LogP contribution < -0.4 is 5.32 Å². The predicted octanol–water partition coefficient (Wildman–Crippen LogP) is 3.57. The molecule has 104 valence electrons. The molecule has 1 saturated heterocycles. The van der Waals surface area contributed by atoms with Gasteiger partial charge in [0.2, 0.25) is 5.91 Å². The number of benzene rings is 1. The van der Waals surface area contributed by atoms with Crippen LogP contribution in [-0.2, 0) is 4.79 Å². The first-order chi connectivity index (χ1) is 9.18. The third-order valence-corrected chi connectivity index (χ3v) is 4.63. The molecule has 1 aliphatic heterocycles. The number of nitrogens with zero attached hydrogens (tertiary/aromatic N) is 1. The summed E-state index contributed by atoms with van der Waals surface area (Å²) in [7, 11) is 0. The second-order valence-corrected chi connectivity index (χ2v) is 5.88. The van der Waals surface area contributed by atoms with Gasteiger partial charge >= 0.3 is 0 Å². The zero-order valence-corrected chi connectivity index (χ0v) is 13.0. The van der Waals surface area contributed by atoms with Gasteiger partial charge < -0.3 is 10.2 Å². The number of hydrogen-bond donors (Lipinski definition) is 1. The molecule has 0 aromatic heterocycles. The van der Waals surface area contributed by atoms with Crippen LogP contribution in [0.4, 0.5) is 5.69 Å². The highest BCUT2D eigenvalue weighted by Crippen LogP contribution is 2.25. The Hall–Kier alpha value is -1.03. The molecule has 0 radical (unpaired) electrons. The maximum atomic E-state index is 12.2. The molecule has 3 nitrogen and oxygen atoms in total. The largest absolute Gasteiger partial charge is 0.375 e. The van der Waals surface area contributed by atoms with Crippen molar-refractivity contribution in [1.82, 2.24) is 4.90 Å². The molecule has 0 unspecified atom stereocenters. The van der Waals surface area contributed by atoms with Gasteiger partial charge in [-0.15, -0.1) is 0 Å². The monoisotopic (exact) mass is 324 g/mol. The van der Waals surface area contributed by atoms with E-state index in [1.165, 1.54) is 18.4 Å². The van der Waals surface area contributed by atoms with Gasteiger partial charge in [0.15, 0.2) is 0 Å². The van der Waals surface area contributed by atoms with Gasteiger partial charge in [0.05, 0.1) is 6.54 Å². The Morgan fingerprint density at radius 1 is 1.26 bits per heavy atom. The number of hydrogen-bond acceptors (Lipinski definition) is 2. The van der Waals surface area contributed by atoms with Gasteiger partial charge in [-0.1, -0.05) is 25.0 Å². The highest BCUT2D eigenvalue weighted by atomic mass is 79.9. The predicted molar refractivity (Wildman–Crippen MR) is 82.4 cm³/mol. The Labute approximate surface area is 123 Å². The number of aryl methyl sites for hydroxylation is 1. The summed E-state index contributed by atoms with van der Waals surface area (Å²) in [4.78, 5) is 14.2. The number of nitrogens with one attached hydrogen (secondary N) is 1. The minimum Gasteiger partial charge on any atom is -0.375 e. The summed E-state index contributed by atoms with van der Waals surface area (Å²) in [6, 6.07) is 6.04. The summed E-state index contributed by atoms with van der Waals surface area (Å²) in [5.74, 6) is 0.204. The van der Waals surface area contributed by atoms with Gasteiger partial charge in [0, 0.05) is 23.2 Å². The first-order valence-electron chi connectivity index (χ1n) is 6.95. The Kier molecular flexibility index (Phi) is 5.25.